The van der Waals surface area contributed by atoms with Crippen LogP contribution in [0.15, 0.2) is 10.5 Å². The first-order valence-corrected chi connectivity index (χ1v) is 6.77. The average molecular weight is 251 g/mol. The predicted molar refractivity (Wildman–Crippen MR) is 73.3 cm³/mol. The molecule has 0 spiro atoms. The van der Waals surface area contributed by atoms with Crippen LogP contribution in [0, 0.1) is 6.92 Å². The van der Waals surface area contributed by atoms with Crippen LogP contribution in [0.2, 0.25) is 0 Å². The number of likely N-dealkylation sites (tertiary alicyclic amines) is 1. The molecular weight excluding hydrogens is 226 g/mol. The van der Waals surface area contributed by atoms with Crippen LogP contribution in [-0.4, -0.2) is 43.0 Å². The molecule has 1 saturated heterocycles. The maximum absolute atomic E-state index is 5.77. The average Bonchev–Trinajstić information content (AvgIpc) is 2.70. The molecule has 1 aliphatic heterocycles. The second-order valence-corrected chi connectivity index (χ2v) is 5.47. The fraction of sp³-hybridized carbons (Fsp3) is 0.714. The fourth-order valence-electron chi connectivity index (χ4n) is 2.68. The summed E-state index contributed by atoms with van der Waals surface area (Å²) in [6.07, 6.45) is 2.49. The summed E-state index contributed by atoms with van der Waals surface area (Å²) in [6, 6.07) is 2.79. The molecule has 18 heavy (non-hydrogen) atoms. The molecule has 4 heteroatoms. The van der Waals surface area contributed by atoms with Crippen molar-refractivity contribution in [2.75, 3.05) is 27.2 Å². The zero-order valence-electron chi connectivity index (χ0n) is 11.8. The van der Waals surface area contributed by atoms with Crippen LogP contribution >= 0.6 is 0 Å². The van der Waals surface area contributed by atoms with E-state index in [4.69, 9.17) is 10.2 Å². The molecule has 0 aliphatic carbocycles. The molecule has 0 radical (unpaired) electrons. The summed E-state index contributed by atoms with van der Waals surface area (Å²) in [5, 5.41) is 0. The molecule has 1 aliphatic rings. The standard InChI is InChI=1S/C14H25N3O/c1-11-8-13(18-14(11)9-15)10-17(3)12-4-6-16(2)7-5-12/h8,12H,4-7,9-10,15H2,1-3H3. The molecule has 0 saturated carbocycles. The molecule has 1 aromatic rings. The largest absolute Gasteiger partial charge is 0.463 e. The van der Waals surface area contributed by atoms with Crippen molar-refractivity contribution in [1.82, 2.24) is 9.80 Å². The van der Waals surface area contributed by atoms with Crippen LogP contribution in [0.3, 0.4) is 0 Å². The topological polar surface area (TPSA) is 45.6 Å². The second-order valence-electron chi connectivity index (χ2n) is 5.47. The van der Waals surface area contributed by atoms with E-state index in [1.807, 2.05) is 0 Å². The summed E-state index contributed by atoms with van der Waals surface area (Å²) >= 11 is 0. The van der Waals surface area contributed by atoms with Gasteiger partial charge in [-0.05, 0) is 58.6 Å². The molecule has 0 amide bonds. The normalized spacial score (nSPS) is 18.7. The van der Waals surface area contributed by atoms with Crippen molar-refractivity contribution in [2.24, 2.45) is 5.73 Å². The SMILES string of the molecule is Cc1cc(CN(C)C2CCN(C)CC2)oc1CN. The summed E-state index contributed by atoms with van der Waals surface area (Å²) in [7, 11) is 4.38. The Morgan fingerprint density at radius 2 is 2.11 bits per heavy atom. The maximum atomic E-state index is 5.77. The Kier molecular flexibility index (Phi) is 4.43. The van der Waals surface area contributed by atoms with Crippen molar-refractivity contribution in [2.45, 2.75) is 38.9 Å². The van der Waals surface area contributed by atoms with Gasteiger partial charge >= 0.3 is 0 Å². The number of aryl methyl sites for hydroxylation is 1. The predicted octanol–water partition coefficient (Wildman–Crippen LogP) is 1.57. The molecule has 0 atom stereocenters. The summed E-state index contributed by atoms with van der Waals surface area (Å²) < 4.78 is 5.77. The monoisotopic (exact) mass is 251 g/mol. The first-order valence-electron chi connectivity index (χ1n) is 6.77. The Morgan fingerprint density at radius 1 is 1.44 bits per heavy atom. The van der Waals surface area contributed by atoms with Crippen molar-refractivity contribution >= 4 is 0 Å². The van der Waals surface area contributed by atoms with Crippen LogP contribution in [0.25, 0.3) is 0 Å². The van der Waals surface area contributed by atoms with Crippen LogP contribution in [0.4, 0.5) is 0 Å². The van der Waals surface area contributed by atoms with Crippen LogP contribution < -0.4 is 5.73 Å². The summed E-state index contributed by atoms with van der Waals surface area (Å²) in [5.74, 6) is 1.95. The number of rotatable bonds is 4. The maximum Gasteiger partial charge on any atom is 0.120 e. The second kappa shape index (κ2) is 5.87. The van der Waals surface area contributed by atoms with Crippen molar-refractivity contribution < 1.29 is 4.42 Å². The minimum atomic E-state index is 0.490. The van der Waals surface area contributed by atoms with Gasteiger partial charge in [-0.25, -0.2) is 0 Å². The highest BCUT2D eigenvalue weighted by Crippen LogP contribution is 2.19. The van der Waals surface area contributed by atoms with E-state index in [2.05, 4.69) is 36.9 Å². The number of nitrogens with two attached hydrogens (primary N) is 1. The van der Waals surface area contributed by atoms with E-state index in [-0.39, 0.29) is 0 Å². The van der Waals surface area contributed by atoms with Gasteiger partial charge < -0.3 is 15.1 Å². The number of hydrogen-bond acceptors (Lipinski definition) is 4. The Labute approximate surface area is 110 Å². The van der Waals surface area contributed by atoms with E-state index in [1.54, 1.807) is 0 Å². The first-order chi connectivity index (χ1) is 8.60. The van der Waals surface area contributed by atoms with Crippen LogP contribution in [0.5, 0.6) is 0 Å². The molecule has 102 valence electrons. The van der Waals surface area contributed by atoms with Gasteiger partial charge in [-0.15, -0.1) is 0 Å². The third-order valence-corrected chi connectivity index (χ3v) is 3.97. The molecular formula is C14H25N3O. The lowest BCUT2D eigenvalue weighted by molar-refractivity contribution is 0.132. The zero-order valence-corrected chi connectivity index (χ0v) is 11.8. The van der Waals surface area contributed by atoms with Gasteiger partial charge in [0.2, 0.25) is 0 Å². The molecule has 4 nitrogen and oxygen atoms in total. The molecule has 1 aromatic heterocycles. The number of nitrogens with zero attached hydrogens (tertiary/aromatic N) is 2. The zero-order chi connectivity index (χ0) is 13.1. The van der Waals surface area contributed by atoms with Gasteiger partial charge in [-0.1, -0.05) is 0 Å². The van der Waals surface area contributed by atoms with Crippen LogP contribution in [-0.2, 0) is 13.1 Å². The van der Waals surface area contributed by atoms with Gasteiger partial charge in [0.15, 0.2) is 0 Å². The van der Waals surface area contributed by atoms with Gasteiger partial charge in [0.1, 0.15) is 11.5 Å². The quantitative estimate of drug-likeness (QED) is 0.882. The third kappa shape index (κ3) is 3.13. The Morgan fingerprint density at radius 3 is 2.67 bits per heavy atom. The van der Waals surface area contributed by atoms with Crippen molar-refractivity contribution in [3.05, 3.63) is 23.2 Å². The fourth-order valence-corrected chi connectivity index (χ4v) is 2.68. The minimum Gasteiger partial charge on any atom is -0.463 e. The highest BCUT2D eigenvalue weighted by atomic mass is 16.3. The highest BCUT2D eigenvalue weighted by molar-refractivity contribution is 5.19. The van der Waals surface area contributed by atoms with Gasteiger partial charge in [0, 0.05) is 6.04 Å². The van der Waals surface area contributed by atoms with E-state index in [0.717, 1.165) is 18.1 Å². The Hall–Kier alpha value is -0.840. The summed E-state index contributed by atoms with van der Waals surface area (Å²) in [4.78, 5) is 4.81. The van der Waals surface area contributed by atoms with E-state index < -0.39 is 0 Å². The smallest absolute Gasteiger partial charge is 0.120 e. The summed E-state index contributed by atoms with van der Waals surface area (Å²) in [5.41, 5.74) is 6.81. The van der Waals surface area contributed by atoms with Crippen molar-refractivity contribution in [3.8, 4) is 0 Å². The lowest BCUT2D eigenvalue weighted by Gasteiger charge is -2.34. The highest BCUT2D eigenvalue weighted by Gasteiger charge is 2.21. The van der Waals surface area contributed by atoms with Gasteiger partial charge in [0.05, 0.1) is 13.1 Å². The van der Waals surface area contributed by atoms with E-state index >= 15 is 0 Å². The Balaban J connectivity index is 1.91. The molecule has 1 fully saturated rings. The summed E-state index contributed by atoms with van der Waals surface area (Å²) in [6.45, 7) is 5.82. The molecule has 2 N–H and O–H groups in total. The van der Waals surface area contributed by atoms with E-state index in [9.17, 15) is 0 Å². The van der Waals surface area contributed by atoms with E-state index in [1.165, 1.54) is 31.5 Å². The molecule has 0 unspecified atom stereocenters. The van der Waals surface area contributed by atoms with Crippen LogP contribution in [0.1, 0.15) is 29.9 Å². The van der Waals surface area contributed by atoms with Gasteiger partial charge in [0.25, 0.3) is 0 Å². The number of hydrogen-bond donors (Lipinski definition) is 1. The lowest BCUT2D eigenvalue weighted by atomic mass is 10.0. The molecule has 2 rings (SSSR count). The molecule has 2 heterocycles. The van der Waals surface area contributed by atoms with Crippen molar-refractivity contribution in [1.29, 1.82) is 0 Å². The lowest BCUT2D eigenvalue weighted by Crippen LogP contribution is -2.41. The Bertz CT molecular complexity index is 380. The van der Waals surface area contributed by atoms with Crippen molar-refractivity contribution in [3.63, 3.8) is 0 Å². The van der Waals surface area contributed by atoms with E-state index in [0.29, 0.717) is 12.6 Å². The van der Waals surface area contributed by atoms with Gasteiger partial charge in [-0.3, -0.25) is 4.90 Å². The third-order valence-electron chi connectivity index (χ3n) is 3.97. The number of furan rings is 1. The molecule has 0 aromatic carbocycles. The minimum absolute atomic E-state index is 0.490. The van der Waals surface area contributed by atoms with Gasteiger partial charge in [-0.2, -0.15) is 0 Å². The number of piperidine rings is 1. The molecule has 0 bridgehead atoms. The first kappa shape index (κ1) is 13.6.